The molecule has 0 bridgehead atoms. The van der Waals surface area contributed by atoms with Gasteiger partial charge < -0.3 is 15.4 Å². The zero-order valence-electron chi connectivity index (χ0n) is 12.7. The molecule has 1 aliphatic rings. The summed E-state index contributed by atoms with van der Waals surface area (Å²) in [5.74, 6) is -0.834. The van der Waals surface area contributed by atoms with Crippen molar-refractivity contribution in [2.24, 2.45) is 5.73 Å². The minimum Gasteiger partial charge on any atom is -0.480 e. The van der Waals surface area contributed by atoms with Crippen LogP contribution in [0.25, 0.3) is 22.2 Å². The van der Waals surface area contributed by atoms with E-state index < -0.39 is 5.97 Å². The average Bonchev–Trinajstić information content (AvgIpc) is 2.86. The van der Waals surface area contributed by atoms with Crippen molar-refractivity contribution < 1.29 is 9.90 Å². The Morgan fingerprint density at radius 3 is 2.70 bits per heavy atom. The molecule has 1 unspecified atom stereocenters. The summed E-state index contributed by atoms with van der Waals surface area (Å²) in [7, 11) is 0. The van der Waals surface area contributed by atoms with Gasteiger partial charge in [0.25, 0.3) is 0 Å². The number of benzene rings is 2. The molecule has 0 saturated heterocycles. The van der Waals surface area contributed by atoms with E-state index in [4.69, 9.17) is 5.73 Å². The Kier molecular flexibility index (Phi) is 3.20. The predicted octanol–water partition coefficient (Wildman–Crippen LogP) is 3.34. The normalized spacial score (nSPS) is 16.7. The fraction of sp³-hybridized carbons (Fsp3) is 0.211. The van der Waals surface area contributed by atoms with Crippen molar-refractivity contribution in [3.05, 3.63) is 59.7 Å². The maximum absolute atomic E-state index is 11.4. The van der Waals surface area contributed by atoms with Gasteiger partial charge in [-0.3, -0.25) is 4.79 Å². The van der Waals surface area contributed by atoms with Gasteiger partial charge >= 0.3 is 5.97 Å². The van der Waals surface area contributed by atoms with Crippen molar-refractivity contribution >= 4 is 16.9 Å². The van der Waals surface area contributed by atoms with Crippen molar-refractivity contribution in [1.82, 2.24) is 4.57 Å². The molecule has 0 amide bonds. The summed E-state index contributed by atoms with van der Waals surface area (Å²) in [6.45, 7) is -0.0422. The van der Waals surface area contributed by atoms with Crippen LogP contribution in [-0.4, -0.2) is 15.6 Å². The second-order valence-corrected chi connectivity index (χ2v) is 6.06. The van der Waals surface area contributed by atoms with Crippen LogP contribution in [0.2, 0.25) is 0 Å². The van der Waals surface area contributed by atoms with Crippen molar-refractivity contribution in [2.45, 2.75) is 25.4 Å². The highest BCUT2D eigenvalue weighted by atomic mass is 16.4. The topological polar surface area (TPSA) is 68.2 Å². The number of carboxylic acids is 1. The molecule has 3 N–H and O–H groups in total. The second kappa shape index (κ2) is 5.25. The molecule has 1 heterocycles. The molecule has 23 heavy (non-hydrogen) atoms. The maximum Gasteiger partial charge on any atom is 0.323 e. The van der Waals surface area contributed by atoms with Gasteiger partial charge in [-0.15, -0.1) is 0 Å². The molecule has 0 aliphatic heterocycles. The minimum atomic E-state index is -0.834. The lowest BCUT2D eigenvalue weighted by atomic mass is 9.87. The van der Waals surface area contributed by atoms with E-state index in [-0.39, 0.29) is 12.6 Å². The standard InChI is InChI=1S/C19H18N2O2/c20-15-10-9-14-18-13(15)7-4-8-16(18)21(11-17(22)23)19(14)12-5-2-1-3-6-12/h1-8,15H,9-11,20H2,(H,22,23). The Balaban J connectivity index is 2.10. The fourth-order valence-electron chi connectivity index (χ4n) is 3.75. The predicted molar refractivity (Wildman–Crippen MR) is 90.3 cm³/mol. The number of aromatic nitrogens is 1. The van der Waals surface area contributed by atoms with E-state index >= 15 is 0 Å². The largest absolute Gasteiger partial charge is 0.480 e. The van der Waals surface area contributed by atoms with Crippen LogP contribution in [0.5, 0.6) is 0 Å². The lowest BCUT2D eigenvalue weighted by Crippen LogP contribution is -2.15. The first-order valence-electron chi connectivity index (χ1n) is 7.83. The van der Waals surface area contributed by atoms with E-state index in [1.54, 1.807) is 0 Å². The summed E-state index contributed by atoms with van der Waals surface area (Å²) in [5, 5.41) is 10.5. The Morgan fingerprint density at radius 2 is 1.96 bits per heavy atom. The molecule has 0 fully saturated rings. The summed E-state index contributed by atoms with van der Waals surface area (Å²) in [6, 6.07) is 16.1. The van der Waals surface area contributed by atoms with Gasteiger partial charge in [0, 0.05) is 16.9 Å². The van der Waals surface area contributed by atoms with Crippen LogP contribution in [0.3, 0.4) is 0 Å². The van der Waals surface area contributed by atoms with Gasteiger partial charge in [0.15, 0.2) is 0 Å². The first-order valence-corrected chi connectivity index (χ1v) is 7.83. The summed E-state index contributed by atoms with van der Waals surface area (Å²) >= 11 is 0. The third-order valence-corrected chi connectivity index (χ3v) is 4.67. The molecular weight excluding hydrogens is 288 g/mol. The Bertz CT molecular complexity index is 897. The zero-order chi connectivity index (χ0) is 16.0. The molecular formula is C19H18N2O2. The van der Waals surface area contributed by atoms with Crippen LogP contribution in [0.15, 0.2) is 48.5 Å². The monoisotopic (exact) mass is 306 g/mol. The number of nitrogens with zero attached hydrogens (tertiary/aromatic N) is 1. The third-order valence-electron chi connectivity index (χ3n) is 4.67. The third kappa shape index (κ3) is 2.14. The number of nitrogens with two attached hydrogens (primary N) is 1. The molecule has 1 aliphatic carbocycles. The van der Waals surface area contributed by atoms with Gasteiger partial charge in [-0.2, -0.15) is 0 Å². The molecule has 0 spiro atoms. The number of hydrogen-bond donors (Lipinski definition) is 2. The maximum atomic E-state index is 11.4. The van der Waals surface area contributed by atoms with E-state index in [0.717, 1.165) is 40.6 Å². The average molecular weight is 306 g/mol. The second-order valence-electron chi connectivity index (χ2n) is 6.06. The van der Waals surface area contributed by atoms with Gasteiger partial charge in [-0.25, -0.2) is 0 Å². The van der Waals surface area contributed by atoms with E-state index in [9.17, 15) is 9.90 Å². The summed E-state index contributed by atoms with van der Waals surface area (Å²) in [6.07, 6.45) is 1.77. The van der Waals surface area contributed by atoms with Crippen LogP contribution in [0, 0.1) is 0 Å². The number of carbonyl (C=O) groups is 1. The van der Waals surface area contributed by atoms with Gasteiger partial charge in [0.05, 0.1) is 5.69 Å². The number of aryl methyl sites for hydroxylation is 1. The lowest BCUT2D eigenvalue weighted by Gasteiger charge is -2.20. The smallest absolute Gasteiger partial charge is 0.323 e. The van der Waals surface area contributed by atoms with E-state index in [1.807, 2.05) is 47.0 Å². The highest BCUT2D eigenvalue weighted by molar-refractivity contribution is 5.96. The van der Waals surface area contributed by atoms with E-state index in [0.29, 0.717) is 0 Å². The molecule has 4 rings (SSSR count). The molecule has 1 aromatic heterocycles. The van der Waals surface area contributed by atoms with Crippen LogP contribution in [0.4, 0.5) is 0 Å². The van der Waals surface area contributed by atoms with Crippen molar-refractivity contribution in [3.63, 3.8) is 0 Å². The van der Waals surface area contributed by atoms with Crippen LogP contribution < -0.4 is 5.73 Å². The number of aliphatic carboxylic acids is 1. The molecule has 4 nitrogen and oxygen atoms in total. The Labute approximate surface area is 134 Å². The highest BCUT2D eigenvalue weighted by Gasteiger charge is 2.27. The SMILES string of the molecule is NC1CCc2c(-c3ccccc3)n(CC(=O)O)c3cccc1c23. The van der Waals surface area contributed by atoms with Gasteiger partial charge in [0.1, 0.15) is 6.54 Å². The Hall–Kier alpha value is -2.59. The fourth-order valence-corrected chi connectivity index (χ4v) is 3.75. The molecule has 116 valence electrons. The number of rotatable bonds is 3. The van der Waals surface area contributed by atoms with Gasteiger partial charge in [-0.05, 0) is 35.6 Å². The van der Waals surface area contributed by atoms with E-state index in [2.05, 4.69) is 6.07 Å². The quantitative estimate of drug-likeness (QED) is 0.780. The highest BCUT2D eigenvalue weighted by Crippen LogP contribution is 2.41. The summed E-state index contributed by atoms with van der Waals surface area (Å²) < 4.78 is 1.92. The van der Waals surface area contributed by atoms with Gasteiger partial charge in [-0.1, -0.05) is 42.5 Å². The first kappa shape index (κ1) is 14.0. The summed E-state index contributed by atoms with van der Waals surface area (Å²) in [4.78, 5) is 11.4. The first-order chi connectivity index (χ1) is 11.2. The van der Waals surface area contributed by atoms with Crippen LogP contribution >= 0.6 is 0 Å². The van der Waals surface area contributed by atoms with Crippen molar-refractivity contribution in [2.75, 3.05) is 0 Å². The molecule has 0 radical (unpaired) electrons. The molecule has 4 heteroatoms. The zero-order valence-corrected chi connectivity index (χ0v) is 12.7. The molecule has 2 aromatic carbocycles. The lowest BCUT2D eigenvalue weighted by molar-refractivity contribution is -0.137. The molecule has 1 atom stereocenters. The molecule has 3 aromatic rings. The Morgan fingerprint density at radius 1 is 1.17 bits per heavy atom. The van der Waals surface area contributed by atoms with Crippen LogP contribution in [0.1, 0.15) is 23.6 Å². The summed E-state index contributed by atoms with van der Waals surface area (Å²) in [5.41, 5.74) is 11.7. The van der Waals surface area contributed by atoms with E-state index in [1.165, 1.54) is 5.56 Å². The van der Waals surface area contributed by atoms with Crippen LogP contribution in [-0.2, 0) is 17.8 Å². The number of hydrogen-bond acceptors (Lipinski definition) is 2. The van der Waals surface area contributed by atoms with Gasteiger partial charge in [0.2, 0.25) is 0 Å². The van der Waals surface area contributed by atoms with Crippen molar-refractivity contribution in [1.29, 1.82) is 0 Å². The molecule has 0 saturated carbocycles. The minimum absolute atomic E-state index is 0.0236. The number of carboxylic acid groups (broad SMARTS) is 1. The van der Waals surface area contributed by atoms with Crippen molar-refractivity contribution in [3.8, 4) is 11.3 Å².